The van der Waals surface area contributed by atoms with Gasteiger partial charge in [0.15, 0.2) is 0 Å². The Labute approximate surface area is 126 Å². The largest absolute Gasteiger partial charge is 0.507 e. The molecule has 114 valence electrons. The summed E-state index contributed by atoms with van der Waals surface area (Å²) in [5, 5.41) is 9.96. The van der Waals surface area contributed by atoms with Crippen LogP contribution in [0.15, 0.2) is 29.8 Å². The minimum Gasteiger partial charge on any atom is -0.507 e. The lowest BCUT2D eigenvalue weighted by Gasteiger charge is -2.32. The van der Waals surface area contributed by atoms with Gasteiger partial charge in [-0.3, -0.25) is 4.79 Å². The van der Waals surface area contributed by atoms with E-state index in [1.165, 1.54) is 18.7 Å². The van der Waals surface area contributed by atoms with Crippen LogP contribution in [0.4, 0.5) is 0 Å². The highest BCUT2D eigenvalue weighted by Gasteiger charge is 2.25. The van der Waals surface area contributed by atoms with Gasteiger partial charge >= 0.3 is 0 Å². The Morgan fingerprint density at radius 1 is 1.33 bits per heavy atom. The maximum Gasteiger partial charge on any atom is 0.257 e. The molecule has 1 aliphatic heterocycles. The Kier molecular flexibility index (Phi) is 4.26. The lowest BCUT2D eigenvalue weighted by atomic mass is 9.83. The lowest BCUT2D eigenvalue weighted by molar-refractivity contribution is 0.0762. The van der Waals surface area contributed by atoms with Crippen molar-refractivity contribution in [3.8, 4) is 11.5 Å². The van der Waals surface area contributed by atoms with E-state index in [1.54, 1.807) is 17.0 Å². The van der Waals surface area contributed by atoms with Crippen molar-refractivity contribution < 1.29 is 14.6 Å². The number of phenolic OH excluding ortho intramolecular Hbond substituents is 1. The van der Waals surface area contributed by atoms with Gasteiger partial charge in [-0.25, -0.2) is 0 Å². The molecule has 1 amide bonds. The molecule has 1 aliphatic rings. The Bertz CT molecular complexity index is 570. The van der Waals surface area contributed by atoms with Crippen molar-refractivity contribution in [2.45, 2.75) is 27.2 Å². The molecule has 21 heavy (non-hydrogen) atoms. The maximum atomic E-state index is 12.5. The van der Waals surface area contributed by atoms with E-state index in [-0.39, 0.29) is 17.1 Å². The van der Waals surface area contributed by atoms with Crippen molar-refractivity contribution >= 4 is 5.91 Å². The van der Waals surface area contributed by atoms with E-state index in [4.69, 9.17) is 4.74 Å². The fraction of sp³-hybridized carbons (Fsp3) is 0.471. The number of benzene rings is 1. The second-order valence-corrected chi connectivity index (χ2v) is 6.36. The van der Waals surface area contributed by atoms with E-state index < -0.39 is 0 Å². The molecule has 0 bridgehead atoms. The third-order valence-electron chi connectivity index (χ3n) is 3.89. The summed E-state index contributed by atoms with van der Waals surface area (Å²) < 4.78 is 5.03. The topological polar surface area (TPSA) is 49.8 Å². The Morgan fingerprint density at radius 2 is 2.05 bits per heavy atom. The number of amides is 1. The first kappa shape index (κ1) is 15.4. The first-order valence-electron chi connectivity index (χ1n) is 7.18. The predicted molar refractivity (Wildman–Crippen MR) is 82.7 cm³/mol. The molecule has 2 rings (SSSR count). The highest BCUT2D eigenvalue weighted by molar-refractivity contribution is 5.97. The smallest absolute Gasteiger partial charge is 0.257 e. The van der Waals surface area contributed by atoms with Crippen LogP contribution in [0.3, 0.4) is 0 Å². The first-order chi connectivity index (χ1) is 9.82. The molecular weight excluding hydrogens is 266 g/mol. The van der Waals surface area contributed by atoms with Gasteiger partial charge in [-0.2, -0.15) is 0 Å². The van der Waals surface area contributed by atoms with Crippen LogP contribution in [0.5, 0.6) is 11.5 Å². The number of ether oxygens (including phenoxy) is 1. The normalized spacial score (nSPS) is 15.6. The highest BCUT2D eigenvalue weighted by Crippen LogP contribution is 2.31. The van der Waals surface area contributed by atoms with Gasteiger partial charge in [0.25, 0.3) is 5.91 Å². The van der Waals surface area contributed by atoms with Crippen molar-refractivity contribution in [2.75, 3.05) is 20.2 Å². The SMILES string of the molecule is COc1ccc(C(=O)N2CC=C(C(C)(C)C)CC2)c(O)c1. The summed E-state index contributed by atoms with van der Waals surface area (Å²) in [6.45, 7) is 7.84. The molecule has 1 N–H and O–H groups in total. The molecule has 1 heterocycles. The van der Waals surface area contributed by atoms with Gasteiger partial charge in [0.2, 0.25) is 0 Å². The van der Waals surface area contributed by atoms with Gasteiger partial charge in [0.1, 0.15) is 11.5 Å². The van der Waals surface area contributed by atoms with Crippen LogP contribution in [-0.4, -0.2) is 36.1 Å². The molecule has 0 aromatic heterocycles. The third-order valence-corrected chi connectivity index (χ3v) is 3.89. The molecule has 0 atom stereocenters. The second-order valence-electron chi connectivity index (χ2n) is 6.36. The van der Waals surface area contributed by atoms with E-state index in [2.05, 4.69) is 26.8 Å². The van der Waals surface area contributed by atoms with E-state index in [0.29, 0.717) is 24.4 Å². The van der Waals surface area contributed by atoms with E-state index in [0.717, 1.165) is 6.42 Å². The molecule has 0 fully saturated rings. The number of hydrogen-bond donors (Lipinski definition) is 1. The van der Waals surface area contributed by atoms with Gasteiger partial charge in [0.05, 0.1) is 12.7 Å². The minimum atomic E-state index is -0.139. The summed E-state index contributed by atoms with van der Waals surface area (Å²) in [6.07, 6.45) is 3.01. The number of carbonyl (C=O) groups excluding carboxylic acids is 1. The predicted octanol–water partition coefficient (Wildman–Crippen LogP) is 3.22. The fourth-order valence-electron chi connectivity index (χ4n) is 2.52. The van der Waals surface area contributed by atoms with Crippen LogP contribution >= 0.6 is 0 Å². The van der Waals surface area contributed by atoms with E-state index >= 15 is 0 Å². The molecule has 0 aliphatic carbocycles. The average molecular weight is 289 g/mol. The van der Waals surface area contributed by atoms with Crippen LogP contribution in [0.25, 0.3) is 0 Å². The van der Waals surface area contributed by atoms with Gasteiger partial charge in [-0.1, -0.05) is 32.4 Å². The fourth-order valence-corrected chi connectivity index (χ4v) is 2.52. The summed E-state index contributed by atoms with van der Waals surface area (Å²) in [5.74, 6) is 0.363. The van der Waals surface area contributed by atoms with Crippen LogP contribution in [0.2, 0.25) is 0 Å². The van der Waals surface area contributed by atoms with Gasteiger partial charge in [-0.05, 0) is 24.0 Å². The van der Waals surface area contributed by atoms with Crippen molar-refractivity contribution in [1.29, 1.82) is 0 Å². The van der Waals surface area contributed by atoms with Gasteiger partial charge in [-0.15, -0.1) is 0 Å². The van der Waals surface area contributed by atoms with Gasteiger partial charge < -0.3 is 14.7 Å². The maximum absolute atomic E-state index is 12.5. The molecule has 0 radical (unpaired) electrons. The summed E-state index contributed by atoms with van der Waals surface area (Å²) in [6, 6.07) is 4.76. The van der Waals surface area contributed by atoms with E-state index in [9.17, 15) is 9.90 Å². The summed E-state index contributed by atoms with van der Waals surface area (Å²) >= 11 is 0. The first-order valence-corrected chi connectivity index (χ1v) is 7.18. The van der Waals surface area contributed by atoms with Crippen LogP contribution in [0.1, 0.15) is 37.6 Å². The zero-order valence-corrected chi connectivity index (χ0v) is 13.1. The number of rotatable bonds is 2. The molecule has 0 saturated carbocycles. The van der Waals surface area contributed by atoms with Crippen molar-refractivity contribution in [3.63, 3.8) is 0 Å². The van der Waals surface area contributed by atoms with Crippen LogP contribution < -0.4 is 4.74 Å². The zero-order chi connectivity index (χ0) is 15.6. The summed E-state index contributed by atoms with van der Waals surface area (Å²) in [7, 11) is 1.53. The van der Waals surface area contributed by atoms with E-state index in [1.807, 2.05) is 0 Å². The number of hydrogen-bond acceptors (Lipinski definition) is 3. The number of nitrogens with zero attached hydrogens (tertiary/aromatic N) is 1. The Morgan fingerprint density at radius 3 is 2.52 bits per heavy atom. The molecule has 0 saturated heterocycles. The standard InChI is InChI=1S/C17H23NO3/c1-17(2,3)12-7-9-18(10-8-12)16(20)14-6-5-13(21-4)11-15(14)19/h5-7,11,19H,8-10H2,1-4H3. The molecule has 4 nitrogen and oxygen atoms in total. The molecular formula is C17H23NO3. The minimum absolute atomic E-state index is 0.0371. The molecule has 4 heteroatoms. The van der Waals surface area contributed by atoms with Crippen molar-refractivity contribution in [3.05, 3.63) is 35.4 Å². The Balaban J connectivity index is 2.14. The summed E-state index contributed by atoms with van der Waals surface area (Å²) in [5.41, 5.74) is 1.85. The Hall–Kier alpha value is -1.97. The molecule has 1 aromatic carbocycles. The molecule has 0 spiro atoms. The van der Waals surface area contributed by atoms with Crippen molar-refractivity contribution in [1.82, 2.24) is 4.90 Å². The average Bonchev–Trinajstić information content (AvgIpc) is 2.45. The molecule has 0 unspecified atom stereocenters. The van der Waals surface area contributed by atoms with Crippen LogP contribution in [-0.2, 0) is 0 Å². The number of carbonyl (C=O) groups is 1. The van der Waals surface area contributed by atoms with Crippen molar-refractivity contribution in [2.24, 2.45) is 5.41 Å². The number of aromatic hydroxyl groups is 1. The van der Waals surface area contributed by atoms with Crippen LogP contribution in [0, 0.1) is 5.41 Å². The molecule has 1 aromatic rings. The monoisotopic (exact) mass is 289 g/mol. The lowest BCUT2D eigenvalue weighted by Crippen LogP contribution is -2.36. The quantitative estimate of drug-likeness (QED) is 0.850. The zero-order valence-electron chi connectivity index (χ0n) is 13.1. The number of phenols is 1. The second kappa shape index (κ2) is 5.80. The highest BCUT2D eigenvalue weighted by atomic mass is 16.5. The number of methoxy groups -OCH3 is 1. The third kappa shape index (κ3) is 3.38. The summed E-state index contributed by atoms with van der Waals surface area (Å²) in [4.78, 5) is 14.2. The van der Waals surface area contributed by atoms with Gasteiger partial charge in [0, 0.05) is 19.2 Å².